The zero-order valence-electron chi connectivity index (χ0n) is 16.2. The minimum absolute atomic E-state index is 0.243. The van der Waals surface area contributed by atoms with E-state index in [0.717, 1.165) is 0 Å². The lowest BCUT2D eigenvalue weighted by Crippen LogP contribution is -2.57. The Bertz CT molecular complexity index is 502. The predicted octanol–water partition coefficient (Wildman–Crippen LogP) is 1.52. The maximum Gasteiger partial charge on any atom is 0.408 e. The van der Waals surface area contributed by atoms with Gasteiger partial charge in [-0.05, 0) is 32.6 Å². The lowest BCUT2D eigenvalue weighted by atomic mass is 9.86. The standard InChI is InChI=1S/C17H31IN2O6/c1-16(2,3)10(8-21)19-13(22)12(9-7-11(18)25-14(9)23)20-15(24)26-17(4,5)6/h9-12,14,21,23H,7-8H2,1-6H3,(H,19,22)(H,20,24). The van der Waals surface area contributed by atoms with Gasteiger partial charge in [0, 0.05) is 5.92 Å². The topological polar surface area (TPSA) is 117 Å². The molecule has 9 heteroatoms. The minimum Gasteiger partial charge on any atom is -0.444 e. The second kappa shape index (κ2) is 9.03. The number of alkyl carbamates (subject to hydrolysis) is 1. The number of aliphatic hydroxyl groups excluding tert-OH is 2. The van der Waals surface area contributed by atoms with Crippen LogP contribution in [0.1, 0.15) is 48.0 Å². The van der Waals surface area contributed by atoms with Crippen molar-refractivity contribution in [1.29, 1.82) is 0 Å². The number of ether oxygens (including phenoxy) is 2. The summed E-state index contributed by atoms with van der Waals surface area (Å²) in [5.74, 6) is -1.12. The molecule has 1 fully saturated rings. The van der Waals surface area contributed by atoms with Crippen molar-refractivity contribution in [3.05, 3.63) is 0 Å². The van der Waals surface area contributed by atoms with Gasteiger partial charge in [-0.2, -0.15) is 0 Å². The molecule has 4 N–H and O–H groups in total. The van der Waals surface area contributed by atoms with Crippen LogP contribution in [0.5, 0.6) is 0 Å². The monoisotopic (exact) mass is 486 g/mol. The summed E-state index contributed by atoms with van der Waals surface area (Å²) in [5.41, 5.74) is -1.10. The van der Waals surface area contributed by atoms with E-state index in [1.807, 2.05) is 43.4 Å². The molecule has 0 aromatic heterocycles. The number of alkyl halides is 1. The lowest BCUT2D eigenvalue weighted by Gasteiger charge is -2.33. The molecular formula is C17H31IN2O6. The van der Waals surface area contributed by atoms with Crippen LogP contribution in [-0.4, -0.2) is 56.9 Å². The van der Waals surface area contributed by atoms with Crippen LogP contribution >= 0.6 is 22.6 Å². The Kier molecular flexibility index (Phi) is 8.12. The average Bonchev–Trinajstić information content (AvgIpc) is 2.77. The Balaban J connectivity index is 2.96. The Labute approximate surface area is 168 Å². The van der Waals surface area contributed by atoms with E-state index >= 15 is 0 Å². The van der Waals surface area contributed by atoms with Gasteiger partial charge in [-0.25, -0.2) is 4.79 Å². The molecule has 0 bridgehead atoms. The van der Waals surface area contributed by atoms with Crippen molar-refractivity contribution in [3.63, 3.8) is 0 Å². The average molecular weight is 486 g/mol. The molecule has 0 radical (unpaired) electrons. The van der Waals surface area contributed by atoms with E-state index in [-0.39, 0.29) is 16.1 Å². The number of hydrogen-bond donors (Lipinski definition) is 4. The van der Waals surface area contributed by atoms with Crippen LogP contribution < -0.4 is 10.6 Å². The summed E-state index contributed by atoms with van der Waals surface area (Å²) in [6.45, 7) is 10.6. The maximum absolute atomic E-state index is 12.8. The maximum atomic E-state index is 12.8. The summed E-state index contributed by atoms with van der Waals surface area (Å²) in [5, 5.41) is 25.0. The lowest BCUT2D eigenvalue weighted by molar-refractivity contribution is -0.132. The third kappa shape index (κ3) is 7.16. The van der Waals surface area contributed by atoms with E-state index < -0.39 is 41.9 Å². The first-order chi connectivity index (χ1) is 11.7. The summed E-state index contributed by atoms with van der Waals surface area (Å²) in [6.07, 6.45) is -1.53. The van der Waals surface area contributed by atoms with Crippen molar-refractivity contribution in [2.45, 2.75) is 76.0 Å². The SMILES string of the molecule is CC(C)(C)OC(=O)NC(C(=O)NC(CO)C(C)(C)C)C1CC(I)OC1O. The van der Waals surface area contributed by atoms with E-state index in [4.69, 9.17) is 9.47 Å². The van der Waals surface area contributed by atoms with Crippen LogP contribution in [0.15, 0.2) is 0 Å². The van der Waals surface area contributed by atoms with E-state index in [1.165, 1.54) is 0 Å². The molecule has 5 atom stereocenters. The third-order valence-electron chi connectivity index (χ3n) is 4.04. The summed E-state index contributed by atoms with van der Waals surface area (Å²) in [7, 11) is 0. The van der Waals surface area contributed by atoms with Crippen LogP contribution in [0.4, 0.5) is 4.79 Å². The van der Waals surface area contributed by atoms with Crippen LogP contribution in [0, 0.1) is 11.3 Å². The first-order valence-corrected chi connectivity index (χ1v) is 9.87. The second-order valence-electron chi connectivity index (χ2n) is 8.57. The van der Waals surface area contributed by atoms with Crippen LogP contribution in [0.25, 0.3) is 0 Å². The van der Waals surface area contributed by atoms with Crippen LogP contribution in [-0.2, 0) is 14.3 Å². The number of rotatable bonds is 5. The van der Waals surface area contributed by atoms with Gasteiger partial charge in [-0.1, -0.05) is 43.4 Å². The molecule has 1 heterocycles. The van der Waals surface area contributed by atoms with Crippen molar-refractivity contribution in [2.75, 3.05) is 6.61 Å². The first kappa shape index (κ1) is 23.4. The Morgan fingerprint density at radius 3 is 2.19 bits per heavy atom. The summed E-state index contributed by atoms with van der Waals surface area (Å²) >= 11 is 2.02. The molecule has 0 aliphatic carbocycles. The largest absolute Gasteiger partial charge is 0.444 e. The van der Waals surface area contributed by atoms with E-state index in [0.29, 0.717) is 6.42 Å². The highest BCUT2D eigenvalue weighted by Crippen LogP contribution is 2.32. The van der Waals surface area contributed by atoms with Gasteiger partial charge < -0.3 is 30.3 Å². The number of carbonyl (C=O) groups excluding carboxylic acids is 2. The van der Waals surface area contributed by atoms with Gasteiger partial charge in [0.05, 0.1) is 12.6 Å². The minimum atomic E-state index is -1.18. The van der Waals surface area contributed by atoms with E-state index in [9.17, 15) is 19.8 Å². The van der Waals surface area contributed by atoms with E-state index in [2.05, 4.69) is 10.6 Å². The molecule has 1 aliphatic rings. The number of aliphatic hydroxyl groups is 2. The zero-order chi connectivity index (χ0) is 20.3. The molecule has 5 unspecified atom stereocenters. The van der Waals surface area contributed by atoms with Gasteiger partial charge in [0.15, 0.2) is 6.29 Å². The fraction of sp³-hybridized carbons (Fsp3) is 0.882. The third-order valence-corrected chi connectivity index (χ3v) is 4.84. The number of nitrogens with one attached hydrogen (secondary N) is 2. The number of amides is 2. The summed E-state index contributed by atoms with van der Waals surface area (Å²) < 4.78 is 10.3. The summed E-state index contributed by atoms with van der Waals surface area (Å²) in [4.78, 5) is 25.0. The molecule has 2 amide bonds. The van der Waals surface area contributed by atoms with Gasteiger partial charge in [0.1, 0.15) is 15.8 Å². The first-order valence-electron chi connectivity index (χ1n) is 8.63. The van der Waals surface area contributed by atoms with Gasteiger partial charge >= 0.3 is 6.09 Å². The van der Waals surface area contributed by atoms with Crippen molar-refractivity contribution < 1.29 is 29.3 Å². The van der Waals surface area contributed by atoms with Crippen LogP contribution in [0.3, 0.4) is 0 Å². The molecule has 26 heavy (non-hydrogen) atoms. The van der Waals surface area contributed by atoms with Gasteiger partial charge in [-0.15, -0.1) is 0 Å². The number of hydrogen-bond acceptors (Lipinski definition) is 6. The quantitative estimate of drug-likeness (QED) is 0.346. The molecule has 0 aromatic carbocycles. The highest BCUT2D eigenvalue weighted by molar-refractivity contribution is 14.1. The predicted molar refractivity (Wildman–Crippen MR) is 105 cm³/mol. The molecule has 0 saturated carbocycles. The summed E-state index contributed by atoms with van der Waals surface area (Å²) in [6, 6.07) is -1.55. The van der Waals surface area contributed by atoms with Gasteiger partial charge in [0.2, 0.25) is 5.91 Å². The molecule has 0 aromatic rings. The molecular weight excluding hydrogens is 455 g/mol. The van der Waals surface area contributed by atoms with E-state index in [1.54, 1.807) is 20.8 Å². The molecule has 1 rings (SSSR count). The molecule has 152 valence electrons. The Morgan fingerprint density at radius 2 is 1.81 bits per heavy atom. The highest BCUT2D eigenvalue weighted by Gasteiger charge is 2.43. The van der Waals surface area contributed by atoms with Gasteiger partial charge in [0.25, 0.3) is 0 Å². The van der Waals surface area contributed by atoms with Crippen LogP contribution in [0.2, 0.25) is 0 Å². The fourth-order valence-electron chi connectivity index (χ4n) is 2.54. The highest BCUT2D eigenvalue weighted by atomic mass is 127. The van der Waals surface area contributed by atoms with Crippen molar-refractivity contribution in [3.8, 4) is 0 Å². The number of halogens is 1. The Hall–Kier alpha value is -0.650. The van der Waals surface area contributed by atoms with Crippen molar-refractivity contribution in [2.24, 2.45) is 11.3 Å². The Morgan fingerprint density at radius 1 is 1.23 bits per heavy atom. The number of carbonyl (C=O) groups is 2. The van der Waals surface area contributed by atoms with Crippen molar-refractivity contribution >= 4 is 34.6 Å². The normalized spacial score (nSPS) is 26.1. The second-order valence-corrected chi connectivity index (χ2v) is 9.96. The zero-order valence-corrected chi connectivity index (χ0v) is 18.4. The van der Waals surface area contributed by atoms with Crippen molar-refractivity contribution in [1.82, 2.24) is 10.6 Å². The molecule has 0 spiro atoms. The molecule has 8 nitrogen and oxygen atoms in total. The molecule has 1 saturated heterocycles. The smallest absolute Gasteiger partial charge is 0.408 e. The van der Waals surface area contributed by atoms with Gasteiger partial charge in [-0.3, -0.25) is 4.79 Å². The molecule has 1 aliphatic heterocycles. The fourth-order valence-corrected chi connectivity index (χ4v) is 3.43.